The molecule has 2 rings (SSSR count). The molecule has 0 radical (unpaired) electrons. The van der Waals surface area contributed by atoms with E-state index >= 15 is 0 Å². The second kappa shape index (κ2) is 5.40. The average Bonchev–Trinajstić information content (AvgIpc) is 2.64. The average molecular weight is 234 g/mol. The topological polar surface area (TPSA) is 64.9 Å². The number of aryl methyl sites for hydroxylation is 1. The van der Waals surface area contributed by atoms with Gasteiger partial charge in [0.1, 0.15) is 0 Å². The highest BCUT2D eigenvalue weighted by molar-refractivity contribution is 5.79. The minimum absolute atomic E-state index is 0.147. The molecule has 1 saturated heterocycles. The molecule has 17 heavy (non-hydrogen) atoms. The van der Waals surface area contributed by atoms with E-state index in [0.29, 0.717) is 13.1 Å². The van der Waals surface area contributed by atoms with Gasteiger partial charge in [0.05, 0.1) is 24.8 Å². The Hall–Kier alpha value is -1.23. The number of aliphatic imine (C=N–C) groups is 1. The first-order valence-electron chi connectivity index (χ1n) is 5.83. The zero-order valence-corrected chi connectivity index (χ0v) is 9.87. The van der Waals surface area contributed by atoms with Gasteiger partial charge in [0.15, 0.2) is 0 Å². The quantitative estimate of drug-likeness (QED) is 0.650. The molecule has 3 N–H and O–H groups in total. The van der Waals surface area contributed by atoms with Gasteiger partial charge in [0.25, 0.3) is 0 Å². The van der Waals surface area contributed by atoms with Crippen molar-refractivity contribution in [2.24, 2.45) is 4.99 Å². The summed E-state index contributed by atoms with van der Waals surface area (Å²) in [6, 6.07) is 7.94. The maximum atomic E-state index is 9.60. The van der Waals surface area contributed by atoms with Crippen molar-refractivity contribution in [3.05, 3.63) is 35.4 Å². The van der Waals surface area contributed by atoms with Crippen molar-refractivity contribution in [2.75, 3.05) is 13.1 Å². The van der Waals surface area contributed by atoms with Crippen molar-refractivity contribution < 1.29 is 10.2 Å². The Balaban J connectivity index is 1.88. The van der Waals surface area contributed by atoms with Gasteiger partial charge in [0, 0.05) is 12.8 Å². The summed E-state index contributed by atoms with van der Waals surface area (Å²) in [5, 5.41) is 22.0. The van der Waals surface area contributed by atoms with E-state index in [1.165, 1.54) is 5.56 Å². The van der Waals surface area contributed by atoms with Crippen molar-refractivity contribution in [3.8, 4) is 0 Å². The summed E-state index contributed by atoms with van der Waals surface area (Å²) < 4.78 is 0. The Labute approximate surface area is 101 Å². The molecule has 0 saturated carbocycles. The molecule has 4 heteroatoms. The first-order chi connectivity index (χ1) is 8.16. The van der Waals surface area contributed by atoms with Crippen LogP contribution in [0.15, 0.2) is 29.3 Å². The van der Waals surface area contributed by atoms with Gasteiger partial charge in [-0.25, -0.2) is 0 Å². The van der Waals surface area contributed by atoms with Crippen molar-refractivity contribution in [1.82, 2.24) is 5.32 Å². The highest BCUT2D eigenvalue weighted by Gasteiger charge is 2.32. The lowest BCUT2D eigenvalue weighted by Crippen LogP contribution is -2.35. The van der Waals surface area contributed by atoms with E-state index in [9.17, 15) is 10.2 Å². The monoisotopic (exact) mass is 234 g/mol. The van der Waals surface area contributed by atoms with Crippen LogP contribution < -0.4 is 5.32 Å². The number of hydrogen-bond donors (Lipinski definition) is 3. The second-order valence-corrected chi connectivity index (χ2v) is 4.48. The fraction of sp³-hybridized carbons (Fsp3) is 0.462. The standard InChI is InChI=1S/C13H18N2O2/c1-9-2-4-10(5-3-9)6-14-7-11-13(17)12(16)8-15-11/h2-6,11-13,15-17H,7-8H2,1H3/t11-,12+,13-/m1/s1. The van der Waals surface area contributed by atoms with Gasteiger partial charge in [-0.1, -0.05) is 29.8 Å². The predicted octanol–water partition coefficient (Wildman–Crippen LogP) is 0.108. The smallest absolute Gasteiger partial charge is 0.0982 e. The van der Waals surface area contributed by atoms with Gasteiger partial charge in [0.2, 0.25) is 0 Å². The second-order valence-electron chi connectivity index (χ2n) is 4.48. The van der Waals surface area contributed by atoms with E-state index in [1.807, 2.05) is 31.2 Å². The van der Waals surface area contributed by atoms with Crippen LogP contribution in [0.4, 0.5) is 0 Å². The molecule has 92 valence electrons. The van der Waals surface area contributed by atoms with E-state index < -0.39 is 12.2 Å². The fourth-order valence-corrected chi connectivity index (χ4v) is 1.88. The van der Waals surface area contributed by atoms with E-state index in [0.717, 1.165) is 5.56 Å². The zero-order chi connectivity index (χ0) is 12.3. The van der Waals surface area contributed by atoms with Crippen LogP contribution in [-0.4, -0.2) is 47.8 Å². The van der Waals surface area contributed by atoms with E-state index in [2.05, 4.69) is 10.3 Å². The van der Waals surface area contributed by atoms with Crippen LogP contribution in [0.2, 0.25) is 0 Å². The van der Waals surface area contributed by atoms with Crippen LogP contribution in [0.3, 0.4) is 0 Å². The normalized spacial score (nSPS) is 29.0. The molecule has 3 atom stereocenters. The van der Waals surface area contributed by atoms with Crippen molar-refractivity contribution in [3.63, 3.8) is 0 Å². The summed E-state index contributed by atoms with van der Waals surface area (Å²) in [5.41, 5.74) is 2.27. The van der Waals surface area contributed by atoms with Gasteiger partial charge in [-0.2, -0.15) is 0 Å². The number of benzene rings is 1. The molecule has 1 heterocycles. The summed E-state index contributed by atoms with van der Waals surface area (Å²) in [6.45, 7) is 2.96. The Morgan fingerprint density at radius 2 is 2.06 bits per heavy atom. The van der Waals surface area contributed by atoms with Crippen LogP contribution in [-0.2, 0) is 0 Å². The van der Waals surface area contributed by atoms with Gasteiger partial charge in [-0.05, 0) is 12.5 Å². The molecule has 0 spiro atoms. The third kappa shape index (κ3) is 3.12. The minimum atomic E-state index is -0.717. The number of rotatable bonds is 3. The number of β-amino-alcohol motifs (C(OH)–C–C–N with tert-alkyl or cyclic N) is 1. The number of aliphatic hydroxyl groups is 2. The molecule has 1 aliphatic rings. The highest BCUT2D eigenvalue weighted by atomic mass is 16.3. The maximum absolute atomic E-state index is 9.60. The summed E-state index contributed by atoms with van der Waals surface area (Å²) >= 11 is 0. The molecule has 1 aromatic carbocycles. The van der Waals surface area contributed by atoms with Crippen LogP contribution in [0, 0.1) is 6.92 Å². The third-order valence-corrected chi connectivity index (χ3v) is 3.02. The van der Waals surface area contributed by atoms with Crippen LogP contribution in [0.25, 0.3) is 0 Å². The summed E-state index contributed by atoms with van der Waals surface area (Å²) in [4.78, 5) is 4.28. The lowest BCUT2D eigenvalue weighted by atomic mass is 10.1. The number of aliphatic hydroxyl groups excluding tert-OH is 2. The molecule has 1 fully saturated rings. The van der Waals surface area contributed by atoms with Gasteiger partial charge < -0.3 is 15.5 Å². The van der Waals surface area contributed by atoms with Crippen molar-refractivity contribution >= 4 is 6.21 Å². The molecular formula is C13H18N2O2. The third-order valence-electron chi connectivity index (χ3n) is 3.02. The first kappa shape index (κ1) is 12.2. The lowest BCUT2D eigenvalue weighted by Gasteiger charge is -2.12. The molecule has 0 amide bonds. The molecule has 1 aliphatic heterocycles. The lowest BCUT2D eigenvalue weighted by molar-refractivity contribution is 0.0422. The molecule has 1 aromatic rings. The Morgan fingerprint density at radius 1 is 1.35 bits per heavy atom. The molecule has 4 nitrogen and oxygen atoms in total. The molecule has 0 bridgehead atoms. The number of hydrogen-bond acceptors (Lipinski definition) is 4. The Kier molecular flexibility index (Phi) is 3.89. The summed E-state index contributed by atoms with van der Waals surface area (Å²) in [7, 11) is 0. The summed E-state index contributed by atoms with van der Waals surface area (Å²) in [5.74, 6) is 0. The maximum Gasteiger partial charge on any atom is 0.0982 e. The van der Waals surface area contributed by atoms with Gasteiger partial charge >= 0.3 is 0 Å². The largest absolute Gasteiger partial charge is 0.389 e. The zero-order valence-electron chi connectivity index (χ0n) is 9.87. The number of nitrogens with one attached hydrogen (secondary N) is 1. The Morgan fingerprint density at radius 3 is 2.65 bits per heavy atom. The minimum Gasteiger partial charge on any atom is -0.389 e. The Bertz CT molecular complexity index is 389. The van der Waals surface area contributed by atoms with Crippen molar-refractivity contribution in [2.45, 2.75) is 25.2 Å². The van der Waals surface area contributed by atoms with Crippen LogP contribution in [0.1, 0.15) is 11.1 Å². The van der Waals surface area contributed by atoms with Crippen molar-refractivity contribution in [1.29, 1.82) is 0 Å². The molecule has 0 aliphatic carbocycles. The molecular weight excluding hydrogens is 216 g/mol. The summed E-state index contributed by atoms with van der Waals surface area (Å²) in [6.07, 6.45) is 0.401. The van der Waals surface area contributed by atoms with Gasteiger partial charge in [-0.3, -0.25) is 4.99 Å². The van der Waals surface area contributed by atoms with Crippen LogP contribution in [0.5, 0.6) is 0 Å². The van der Waals surface area contributed by atoms with E-state index in [1.54, 1.807) is 6.21 Å². The van der Waals surface area contributed by atoms with E-state index in [4.69, 9.17) is 0 Å². The highest BCUT2D eigenvalue weighted by Crippen LogP contribution is 2.08. The number of nitrogens with zero attached hydrogens (tertiary/aromatic N) is 1. The fourth-order valence-electron chi connectivity index (χ4n) is 1.88. The predicted molar refractivity (Wildman–Crippen MR) is 67.4 cm³/mol. The van der Waals surface area contributed by atoms with E-state index in [-0.39, 0.29) is 6.04 Å². The molecule has 0 aromatic heterocycles. The van der Waals surface area contributed by atoms with Crippen LogP contribution >= 0.6 is 0 Å². The SMILES string of the molecule is Cc1ccc(C=NC[C@H]2NC[C@H](O)[C@@H]2O)cc1. The van der Waals surface area contributed by atoms with Gasteiger partial charge in [-0.15, -0.1) is 0 Å². The molecule has 0 unspecified atom stereocenters. The first-order valence-corrected chi connectivity index (χ1v) is 5.83.